The third kappa shape index (κ3) is 5.00. The maximum atomic E-state index is 14.7. The Morgan fingerprint density at radius 1 is 1.05 bits per heavy atom. The van der Waals surface area contributed by atoms with Crippen LogP contribution in [0, 0.1) is 11.8 Å². The molecule has 5 atom stereocenters. The Balaban J connectivity index is 1.57. The number of para-hydroxylation sites is 1. The molecule has 2 bridgehead atoms. The molecule has 0 radical (unpaired) electrons. The normalized spacial score (nSPS) is 30.3. The number of amides is 3. The molecule has 3 amide bonds. The first-order valence-electron chi connectivity index (χ1n) is 15.9. The van der Waals surface area contributed by atoms with Crippen LogP contribution in [0.15, 0.2) is 55.6 Å². The maximum Gasteiger partial charge on any atom is 0.248 e. The van der Waals surface area contributed by atoms with Gasteiger partial charge in [0.2, 0.25) is 17.7 Å². The summed E-state index contributed by atoms with van der Waals surface area (Å²) in [7, 11) is 0. The minimum atomic E-state index is -1.06. The summed E-state index contributed by atoms with van der Waals surface area (Å²) in [4.78, 5) is 49.2. The van der Waals surface area contributed by atoms with Crippen LogP contribution >= 0.6 is 0 Å². The molecule has 3 heterocycles. The summed E-state index contributed by atoms with van der Waals surface area (Å²) in [5, 5.41) is 9.50. The summed E-state index contributed by atoms with van der Waals surface area (Å²) in [6.07, 6.45) is 11.6. The van der Waals surface area contributed by atoms with Gasteiger partial charge in [0.15, 0.2) is 0 Å². The highest BCUT2D eigenvalue weighted by Crippen LogP contribution is 2.64. The Hall–Kier alpha value is -2.97. The lowest BCUT2D eigenvalue weighted by Crippen LogP contribution is -2.58. The summed E-state index contributed by atoms with van der Waals surface area (Å²) in [5.74, 6) is -1.86. The molecule has 1 aliphatic carbocycles. The van der Waals surface area contributed by atoms with E-state index in [1.165, 1.54) is 6.42 Å². The van der Waals surface area contributed by atoms with E-state index >= 15 is 0 Å². The van der Waals surface area contributed by atoms with E-state index in [4.69, 9.17) is 4.74 Å². The Bertz CT molecular complexity index is 1170. The lowest BCUT2D eigenvalue weighted by atomic mass is 9.64. The van der Waals surface area contributed by atoms with Crippen LogP contribution in [-0.2, 0) is 19.1 Å². The van der Waals surface area contributed by atoms with Crippen LogP contribution in [0.4, 0.5) is 5.69 Å². The van der Waals surface area contributed by atoms with Crippen molar-refractivity contribution in [1.82, 2.24) is 9.80 Å². The summed E-state index contributed by atoms with van der Waals surface area (Å²) in [6.45, 7) is 11.0. The highest BCUT2D eigenvalue weighted by Gasteiger charge is 2.79. The molecular formula is C34H47N3O5. The summed E-state index contributed by atoms with van der Waals surface area (Å²) in [6, 6.07) is 8.79. The van der Waals surface area contributed by atoms with Gasteiger partial charge in [0.25, 0.3) is 0 Å². The van der Waals surface area contributed by atoms with Crippen LogP contribution in [0.1, 0.15) is 71.1 Å². The first-order valence-corrected chi connectivity index (χ1v) is 15.9. The minimum Gasteiger partial charge on any atom is -0.396 e. The second-order valence-electron chi connectivity index (χ2n) is 12.4. The maximum absolute atomic E-state index is 14.7. The van der Waals surface area contributed by atoms with Gasteiger partial charge in [0.05, 0.1) is 17.4 Å². The molecule has 8 nitrogen and oxygen atoms in total. The predicted octanol–water partition coefficient (Wildman–Crippen LogP) is 4.48. The zero-order chi connectivity index (χ0) is 29.9. The molecule has 1 spiro atoms. The Kier molecular flexibility index (Phi) is 9.23. The van der Waals surface area contributed by atoms with Crippen LogP contribution in [0.3, 0.4) is 0 Å². The van der Waals surface area contributed by atoms with Crippen molar-refractivity contribution in [2.24, 2.45) is 11.8 Å². The van der Waals surface area contributed by atoms with E-state index in [2.05, 4.69) is 13.2 Å². The van der Waals surface area contributed by atoms with Crippen LogP contribution in [0.5, 0.6) is 0 Å². The second-order valence-corrected chi connectivity index (χ2v) is 12.4. The van der Waals surface area contributed by atoms with Crippen molar-refractivity contribution in [3.8, 4) is 0 Å². The molecule has 1 aromatic rings. The SMILES string of the molecule is C=CCN(C(=O)[C@@H]1[C@H]2C(=O)N(CCCCO)C(C(=O)N(CC=C)C3CCCCC3)C23CC[C@@]1(CC)O3)c1ccccc1. The summed E-state index contributed by atoms with van der Waals surface area (Å²) < 4.78 is 7.02. The van der Waals surface area contributed by atoms with E-state index < -0.39 is 29.1 Å². The number of benzene rings is 1. The van der Waals surface area contributed by atoms with E-state index in [-0.39, 0.29) is 30.4 Å². The van der Waals surface area contributed by atoms with Gasteiger partial charge in [-0.05, 0) is 57.1 Å². The van der Waals surface area contributed by atoms with E-state index in [1.54, 1.807) is 22.0 Å². The predicted molar refractivity (Wildman–Crippen MR) is 163 cm³/mol. The van der Waals surface area contributed by atoms with E-state index in [0.29, 0.717) is 51.7 Å². The zero-order valence-corrected chi connectivity index (χ0v) is 25.1. The zero-order valence-electron chi connectivity index (χ0n) is 25.1. The fraction of sp³-hybridized carbons (Fsp3) is 0.618. The van der Waals surface area contributed by atoms with Crippen molar-refractivity contribution in [3.63, 3.8) is 0 Å². The van der Waals surface area contributed by atoms with E-state index in [1.807, 2.05) is 42.2 Å². The van der Waals surface area contributed by atoms with Crippen LogP contribution < -0.4 is 4.90 Å². The average molecular weight is 578 g/mol. The number of aliphatic hydroxyl groups excluding tert-OH is 1. The van der Waals surface area contributed by atoms with Gasteiger partial charge >= 0.3 is 0 Å². The number of carbonyl (C=O) groups excluding carboxylic acids is 3. The summed E-state index contributed by atoms with van der Waals surface area (Å²) >= 11 is 0. The quantitative estimate of drug-likeness (QED) is 0.276. The van der Waals surface area contributed by atoms with Crippen LogP contribution in [0.2, 0.25) is 0 Å². The minimum absolute atomic E-state index is 0.0179. The van der Waals surface area contributed by atoms with Gasteiger partial charge in [-0.25, -0.2) is 0 Å². The van der Waals surface area contributed by atoms with Gasteiger partial charge in [0.1, 0.15) is 11.6 Å². The lowest BCUT2D eigenvalue weighted by molar-refractivity contribution is -0.154. The molecule has 8 heteroatoms. The van der Waals surface area contributed by atoms with Gasteiger partial charge in [-0.15, -0.1) is 13.2 Å². The van der Waals surface area contributed by atoms with Crippen LogP contribution in [-0.4, -0.2) is 82.2 Å². The molecule has 1 aromatic carbocycles. The molecule has 228 valence electrons. The van der Waals surface area contributed by atoms with Gasteiger partial charge in [-0.3, -0.25) is 14.4 Å². The molecule has 4 aliphatic rings. The first-order chi connectivity index (χ1) is 20.4. The fourth-order valence-corrected chi connectivity index (χ4v) is 8.34. The number of hydrogen-bond donors (Lipinski definition) is 1. The molecule has 5 rings (SSSR count). The number of anilines is 1. The number of hydrogen-bond acceptors (Lipinski definition) is 5. The molecule has 3 saturated heterocycles. The molecule has 1 N–H and O–H groups in total. The Labute approximate surface area is 250 Å². The van der Waals surface area contributed by atoms with Crippen molar-refractivity contribution in [1.29, 1.82) is 0 Å². The second kappa shape index (κ2) is 12.7. The van der Waals surface area contributed by atoms with E-state index in [9.17, 15) is 19.5 Å². The molecule has 3 aliphatic heterocycles. The van der Waals surface area contributed by atoms with E-state index in [0.717, 1.165) is 31.4 Å². The smallest absolute Gasteiger partial charge is 0.248 e. The molecule has 0 aromatic heterocycles. The van der Waals surface area contributed by atoms with Gasteiger partial charge in [-0.1, -0.05) is 56.5 Å². The van der Waals surface area contributed by atoms with Crippen molar-refractivity contribution in [3.05, 3.63) is 55.6 Å². The van der Waals surface area contributed by atoms with Gasteiger partial charge in [-0.2, -0.15) is 0 Å². The van der Waals surface area contributed by atoms with Crippen molar-refractivity contribution in [2.45, 2.75) is 94.4 Å². The third-order valence-electron chi connectivity index (χ3n) is 10.3. The summed E-state index contributed by atoms with van der Waals surface area (Å²) in [5.41, 5.74) is -1.12. The molecule has 1 saturated carbocycles. The average Bonchev–Trinajstić information content (AvgIpc) is 3.62. The highest BCUT2D eigenvalue weighted by molar-refractivity contribution is 6.03. The van der Waals surface area contributed by atoms with Crippen LogP contribution in [0.25, 0.3) is 0 Å². The number of aliphatic hydroxyl groups is 1. The number of carbonyl (C=O) groups is 3. The highest BCUT2D eigenvalue weighted by atomic mass is 16.5. The number of rotatable bonds is 13. The Morgan fingerprint density at radius 2 is 1.76 bits per heavy atom. The number of nitrogens with zero attached hydrogens (tertiary/aromatic N) is 3. The first kappa shape index (κ1) is 30.5. The molecule has 4 fully saturated rings. The number of unbranched alkanes of at least 4 members (excludes halogenated alkanes) is 1. The topological polar surface area (TPSA) is 90.4 Å². The molecule has 42 heavy (non-hydrogen) atoms. The number of ether oxygens (including phenoxy) is 1. The fourth-order valence-electron chi connectivity index (χ4n) is 8.34. The third-order valence-corrected chi connectivity index (χ3v) is 10.3. The number of fused-ring (bicyclic) bond motifs is 1. The molecular weight excluding hydrogens is 530 g/mol. The molecule has 2 unspecified atom stereocenters. The van der Waals surface area contributed by atoms with Crippen molar-refractivity contribution >= 4 is 23.4 Å². The van der Waals surface area contributed by atoms with Crippen molar-refractivity contribution < 1.29 is 24.2 Å². The lowest BCUT2D eigenvalue weighted by Gasteiger charge is -2.41. The van der Waals surface area contributed by atoms with Gasteiger partial charge in [0, 0.05) is 38.0 Å². The number of likely N-dealkylation sites (tertiary alicyclic amines) is 1. The van der Waals surface area contributed by atoms with Crippen molar-refractivity contribution in [2.75, 3.05) is 31.1 Å². The Morgan fingerprint density at radius 3 is 2.40 bits per heavy atom. The standard InChI is InChI=1S/C34H47N3O5/c1-4-21-35(25-15-9-7-10-16-25)30(39)27-28-31(40)37(23-13-14-24-38)29(34(28)20-19-33(27,6-3)42-34)32(41)36(22-5-2)26-17-11-8-12-18-26/h4-5,7,9-10,15-16,26-29,38H,1-2,6,8,11-14,17-24H2,3H3/t27-,28-,29?,33+,34?/m0/s1. The monoisotopic (exact) mass is 577 g/mol. The largest absolute Gasteiger partial charge is 0.396 e. The van der Waals surface area contributed by atoms with Gasteiger partial charge < -0.3 is 24.5 Å².